The first kappa shape index (κ1) is 12.8. The zero-order chi connectivity index (χ0) is 13.2. The summed E-state index contributed by atoms with van der Waals surface area (Å²) in [5, 5.41) is 0. The van der Waals surface area contributed by atoms with Crippen LogP contribution in [0.5, 0.6) is 0 Å². The molecule has 2 aromatic rings. The summed E-state index contributed by atoms with van der Waals surface area (Å²) in [5.41, 5.74) is 1.14. The third kappa shape index (κ3) is 2.46. The van der Waals surface area contributed by atoms with E-state index in [0.29, 0.717) is 15.7 Å². The van der Waals surface area contributed by atoms with Crippen molar-refractivity contribution in [2.45, 2.75) is 29.6 Å². The summed E-state index contributed by atoms with van der Waals surface area (Å²) in [6.45, 7) is 4.17. The van der Waals surface area contributed by atoms with E-state index in [1.807, 2.05) is 12.1 Å². The summed E-state index contributed by atoms with van der Waals surface area (Å²) >= 11 is 0. The Morgan fingerprint density at radius 3 is 1.78 bits per heavy atom. The summed E-state index contributed by atoms with van der Waals surface area (Å²) < 4.78 is 24.6. The molecule has 0 aliphatic rings. The van der Waals surface area contributed by atoms with Gasteiger partial charge < -0.3 is 0 Å². The second-order valence-electron chi connectivity index (χ2n) is 4.54. The van der Waals surface area contributed by atoms with Gasteiger partial charge in [0.05, 0.1) is 9.79 Å². The SMILES string of the molecule is CC(C)c1ccc(S(=O)(=O)c2ccccc2)cc1. The normalized spacial score (nSPS) is 11.7. The first-order chi connectivity index (χ1) is 8.51. The lowest BCUT2D eigenvalue weighted by Crippen LogP contribution is -2.02. The van der Waals surface area contributed by atoms with Crippen LogP contribution >= 0.6 is 0 Å². The Kier molecular flexibility index (Phi) is 3.53. The van der Waals surface area contributed by atoms with Crippen molar-refractivity contribution in [1.29, 1.82) is 0 Å². The van der Waals surface area contributed by atoms with Gasteiger partial charge in [-0.1, -0.05) is 44.2 Å². The number of hydrogen-bond acceptors (Lipinski definition) is 2. The van der Waals surface area contributed by atoms with Gasteiger partial charge in [0.25, 0.3) is 0 Å². The lowest BCUT2D eigenvalue weighted by Gasteiger charge is -2.08. The maximum absolute atomic E-state index is 12.3. The van der Waals surface area contributed by atoms with E-state index >= 15 is 0 Å². The zero-order valence-corrected chi connectivity index (χ0v) is 11.3. The van der Waals surface area contributed by atoms with Gasteiger partial charge in [-0.2, -0.15) is 0 Å². The molecule has 0 fully saturated rings. The Balaban J connectivity index is 2.43. The second kappa shape index (κ2) is 4.94. The summed E-state index contributed by atoms with van der Waals surface area (Å²) in [7, 11) is -3.38. The smallest absolute Gasteiger partial charge is 0.206 e. The van der Waals surface area contributed by atoms with Crippen LogP contribution in [0.25, 0.3) is 0 Å². The van der Waals surface area contributed by atoms with Crippen molar-refractivity contribution in [3.05, 3.63) is 60.2 Å². The third-order valence-corrected chi connectivity index (χ3v) is 4.70. The fourth-order valence-corrected chi connectivity index (χ4v) is 3.05. The van der Waals surface area contributed by atoms with Crippen LogP contribution in [0, 0.1) is 0 Å². The first-order valence-corrected chi connectivity index (χ1v) is 7.40. The fourth-order valence-electron chi connectivity index (χ4n) is 1.77. The van der Waals surface area contributed by atoms with Gasteiger partial charge in [0.2, 0.25) is 9.84 Å². The van der Waals surface area contributed by atoms with Crippen molar-refractivity contribution in [2.24, 2.45) is 0 Å². The van der Waals surface area contributed by atoms with E-state index in [1.165, 1.54) is 0 Å². The largest absolute Gasteiger partial charge is 0.219 e. The van der Waals surface area contributed by atoms with Crippen molar-refractivity contribution >= 4 is 9.84 Å². The molecule has 0 aromatic heterocycles. The fraction of sp³-hybridized carbons (Fsp3) is 0.200. The molecule has 0 aliphatic carbocycles. The van der Waals surface area contributed by atoms with E-state index in [4.69, 9.17) is 0 Å². The maximum atomic E-state index is 12.3. The van der Waals surface area contributed by atoms with Crippen LogP contribution in [0.15, 0.2) is 64.4 Å². The van der Waals surface area contributed by atoms with Crippen LogP contribution in [-0.2, 0) is 9.84 Å². The molecule has 0 atom stereocenters. The molecule has 94 valence electrons. The van der Waals surface area contributed by atoms with E-state index in [1.54, 1.807) is 42.5 Å². The Labute approximate surface area is 108 Å². The molecule has 18 heavy (non-hydrogen) atoms. The topological polar surface area (TPSA) is 34.1 Å². The molecule has 0 unspecified atom stereocenters. The van der Waals surface area contributed by atoms with Gasteiger partial charge in [0.1, 0.15) is 0 Å². The number of rotatable bonds is 3. The van der Waals surface area contributed by atoms with Gasteiger partial charge in [0.15, 0.2) is 0 Å². The highest BCUT2D eigenvalue weighted by Gasteiger charge is 2.16. The molecule has 0 radical (unpaired) electrons. The molecule has 2 aromatic carbocycles. The van der Waals surface area contributed by atoms with Crippen LogP contribution in [-0.4, -0.2) is 8.42 Å². The highest BCUT2D eigenvalue weighted by molar-refractivity contribution is 7.91. The predicted molar refractivity (Wildman–Crippen MR) is 72.4 cm³/mol. The molecule has 0 saturated heterocycles. The van der Waals surface area contributed by atoms with Crippen molar-refractivity contribution in [2.75, 3.05) is 0 Å². The molecule has 2 nitrogen and oxygen atoms in total. The third-order valence-electron chi connectivity index (χ3n) is 2.91. The van der Waals surface area contributed by atoms with Crippen LogP contribution in [0.4, 0.5) is 0 Å². The molecule has 3 heteroatoms. The van der Waals surface area contributed by atoms with Gasteiger partial charge in [-0.05, 0) is 35.7 Å². The van der Waals surface area contributed by atoms with Crippen LogP contribution in [0.1, 0.15) is 25.3 Å². The average molecular weight is 260 g/mol. The molecule has 2 rings (SSSR count). The van der Waals surface area contributed by atoms with Crippen LogP contribution < -0.4 is 0 Å². The minimum atomic E-state index is -3.38. The average Bonchev–Trinajstić information content (AvgIpc) is 2.40. The maximum Gasteiger partial charge on any atom is 0.206 e. The number of sulfone groups is 1. The van der Waals surface area contributed by atoms with Crippen LogP contribution in [0.2, 0.25) is 0 Å². The molecule has 0 saturated carbocycles. The first-order valence-electron chi connectivity index (χ1n) is 5.92. The Morgan fingerprint density at radius 2 is 1.28 bits per heavy atom. The highest BCUT2D eigenvalue weighted by atomic mass is 32.2. The van der Waals surface area contributed by atoms with E-state index in [9.17, 15) is 8.42 Å². The summed E-state index contributed by atoms with van der Waals surface area (Å²) in [4.78, 5) is 0.681. The molecule has 0 spiro atoms. The number of hydrogen-bond donors (Lipinski definition) is 0. The van der Waals surface area contributed by atoms with Crippen molar-refractivity contribution in [3.63, 3.8) is 0 Å². The zero-order valence-electron chi connectivity index (χ0n) is 10.5. The van der Waals surface area contributed by atoms with Gasteiger partial charge >= 0.3 is 0 Å². The highest BCUT2D eigenvalue weighted by Crippen LogP contribution is 2.22. The summed E-state index contributed by atoms with van der Waals surface area (Å²) in [6.07, 6.45) is 0. The monoisotopic (exact) mass is 260 g/mol. The van der Waals surface area contributed by atoms with Gasteiger partial charge in [-0.15, -0.1) is 0 Å². The van der Waals surface area contributed by atoms with Gasteiger partial charge in [-0.25, -0.2) is 8.42 Å². The van der Waals surface area contributed by atoms with Gasteiger partial charge in [0, 0.05) is 0 Å². The van der Waals surface area contributed by atoms with E-state index < -0.39 is 9.84 Å². The van der Waals surface area contributed by atoms with E-state index in [2.05, 4.69) is 13.8 Å². The van der Waals surface area contributed by atoms with Crippen molar-refractivity contribution in [3.8, 4) is 0 Å². The molecular weight excluding hydrogens is 244 g/mol. The quantitative estimate of drug-likeness (QED) is 0.844. The molecule has 0 amide bonds. The Hall–Kier alpha value is -1.61. The minimum absolute atomic E-state index is 0.335. The molecule has 0 bridgehead atoms. The summed E-state index contributed by atoms with van der Waals surface area (Å²) in [6, 6.07) is 15.6. The Morgan fingerprint density at radius 1 is 0.778 bits per heavy atom. The van der Waals surface area contributed by atoms with Crippen molar-refractivity contribution < 1.29 is 8.42 Å². The Bertz CT molecular complexity index is 611. The predicted octanol–water partition coefficient (Wildman–Crippen LogP) is 3.64. The van der Waals surface area contributed by atoms with Gasteiger partial charge in [-0.3, -0.25) is 0 Å². The van der Waals surface area contributed by atoms with Crippen molar-refractivity contribution in [1.82, 2.24) is 0 Å². The molecule has 0 aliphatic heterocycles. The molecule has 0 heterocycles. The standard InChI is InChI=1S/C15H16O2S/c1-12(2)13-8-10-15(11-9-13)18(16,17)14-6-4-3-5-7-14/h3-12H,1-2H3. The minimum Gasteiger partial charge on any atom is -0.219 e. The lowest BCUT2D eigenvalue weighted by atomic mass is 10.0. The summed E-state index contributed by atoms with van der Waals surface area (Å²) in [5.74, 6) is 0.401. The molecule has 0 N–H and O–H groups in total. The van der Waals surface area contributed by atoms with E-state index in [-0.39, 0.29) is 0 Å². The lowest BCUT2D eigenvalue weighted by molar-refractivity contribution is 0.596. The molecular formula is C15H16O2S. The van der Waals surface area contributed by atoms with E-state index in [0.717, 1.165) is 5.56 Å². The number of benzene rings is 2. The second-order valence-corrected chi connectivity index (χ2v) is 6.49. The van der Waals surface area contributed by atoms with Crippen LogP contribution in [0.3, 0.4) is 0 Å².